The maximum Gasteiger partial charge on any atom is 0.271 e. The first-order valence-electron chi connectivity index (χ1n) is 5.58. The van der Waals surface area contributed by atoms with Crippen LogP contribution in [0.1, 0.15) is 10.4 Å². The van der Waals surface area contributed by atoms with Crippen molar-refractivity contribution in [3.8, 4) is 0 Å². The lowest BCUT2D eigenvalue weighted by Gasteiger charge is -2.05. The summed E-state index contributed by atoms with van der Waals surface area (Å²) in [6.07, 6.45) is 1.35. The number of rotatable bonds is 4. The minimum absolute atomic E-state index is 0.0939. The van der Waals surface area contributed by atoms with Gasteiger partial charge in [0.2, 0.25) is 0 Å². The fourth-order valence-corrected chi connectivity index (χ4v) is 1.51. The molecule has 8 heteroatoms. The molecule has 20 heavy (non-hydrogen) atoms. The summed E-state index contributed by atoms with van der Waals surface area (Å²) in [6, 6.07) is 8.76. The van der Waals surface area contributed by atoms with Gasteiger partial charge in [-0.05, 0) is 18.2 Å². The molecule has 0 spiro atoms. The lowest BCUT2D eigenvalue weighted by Crippen LogP contribution is -2.13. The van der Waals surface area contributed by atoms with Gasteiger partial charge in [-0.1, -0.05) is 6.07 Å². The van der Waals surface area contributed by atoms with E-state index in [0.29, 0.717) is 17.1 Å². The molecule has 0 unspecified atom stereocenters. The number of nitrogens with zero attached hydrogens (tertiary/aromatic N) is 2. The standard InChI is InChI=1S/C12H11N5O3/c13-16-11-5-4-8(7-14-11)12(18)15-9-2-1-3-10(6-9)17(19)20/h1-7H,13H2,(H,14,16)(H,15,18). The first-order valence-corrected chi connectivity index (χ1v) is 5.58. The van der Waals surface area contributed by atoms with Gasteiger partial charge in [0, 0.05) is 24.0 Å². The summed E-state index contributed by atoms with van der Waals surface area (Å²) >= 11 is 0. The number of amides is 1. The van der Waals surface area contributed by atoms with E-state index < -0.39 is 10.8 Å². The molecule has 0 fully saturated rings. The Balaban J connectivity index is 2.14. The Morgan fingerprint density at radius 2 is 2.10 bits per heavy atom. The SMILES string of the molecule is NNc1ccc(C(=O)Nc2cccc([N+](=O)[O-])c2)cn1. The van der Waals surface area contributed by atoms with Gasteiger partial charge in [0.05, 0.1) is 10.5 Å². The van der Waals surface area contributed by atoms with Crippen LogP contribution in [0.3, 0.4) is 0 Å². The molecule has 0 bridgehead atoms. The van der Waals surface area contributed by atoms with Gasteiger partial charge in [0.1, 0.15) is 5.82 Å². The number of nitrogen functional groups attached to an aromatic ring is 1. The van der Waals surface area contributed by atoms with Crippen LogP contribution in [0.4, 0.5) is 17.2 Å². The van der Waals surface area contributed by atoms with Crippen molar-refractivity contribution in [3.05, 3.63) is 58.3 Å². The number of nitrogens with two attached hydrogens (primary N) is 1. The first-order chi connectivity index (χ1) is 9.60. The maximum absolute atomic E-state index is 11.9. The molecule has 1 heterocycles. The third kappa shape index (κ3) is 3.06. The van der Waals surface area contributed by atoms with Crippen LogP contribution in [-0.4, -0.2) is 15.8 Å². The van der Waals surface area contributed by atoms with Gasteiger partial charge >= 0.3 is 0 Å². The van der Waals surface area contributed by atoms with E-state index in [2.05, 4.69) is 15.7 Å². The van der Waals surface area contributed by atoms with Crippen molar-refractivity contribution in [1.29, 1.82) is 0 Å². The number of anilines is 2. The molecule has 0 radical (unpaired) electrons. The second-order valence-corrected chi connectivity index (χ2v) is 3.84. The number of nitro groups is 1. The number of non-ortho nitro benzene ring substituents is 1. The predicted octanol–water partition coefficient (Wildman–Crippen LogP) is 1.53. The van der Waals surface area contributed by atoms with Gasteiger partial charge < -0.3 is 10.7 Å². The summed E-state index contributed by atoms with van der Waals surface area (Å²) in [7, 11) is 0. The molecule has 102 valence electrons. The topological polar surface area (TPSA) is 123 Å². The van der Waals surface area contributed by atoms with Crippen molar-refractivity contribution in [2.75, 3.05) is 10.7 Å². The number of carbonyl (C=O) groups is 1. The summed E-state index contributed by atoms with van der Waals surface area (Å²) in [5.74, 6) is 5.18. The molecule has 1 amide bonds. The van der Waals surface area contributed by atoms with Gasteiger partial charge in [0.25, 0.3) is 11.6 Å². The first kappa shape index (κ1) is 13.4. The second-order valence-electron chi connectivity index (χ2n) is 3.84. The quantitative estimate of drug-likeness (QED) is 0.441. The predicted molar refractivity (Wildman–Crippen MR) is 73.1 cm³/mol. The number of aromatic nitrogens is 1. The van der Waals surface area contributed by atoms with Crippen molar-refractivity contribution in [2.45, 2.75) is 0 Å². The summed E-state index contributed by atoms with van der Waals surface area (Å²) in [6.45, 7) is 0. The van der Waals surface area contributed by atoms with Crippen molar-refractivity contribution < 1.29 is 9.72 Å². The zero-order valence-electron chi connectivity index (χ0n) is 10.2. The Kier molecular flexibility index (Phi) is 3.87. The normalized spacial score (nSPS) is 9.85. The van der Waals surface area contributed by atoms with Crippen LogP contribution in [0.2, 0.25) is 0 Å². The molecular weight excluding hydrogens is 262 g/mol. The molecule has 1 aromatic carbocycles. The number of nitro benzene ring substituents is 1. The monoisotopic (exact) mass is 273 g/mol. The molecule has 0 saturated heterocycles. The number of hydrazine groups is 1. The summed E-state index contributed by atoms with van der Waals surface area (Å²) in [5.41, 5.74) is 2.90. The molecular formula is C12H11N5O3. The molecule has 2 aromatic rings. The van der Waals surface area contributed by atoms with Gasteiger partial charge in [-0.25, -0.2) is 10.8 Å². The maximum atomic E-state index is 11.9. The van der Waals surface area contributed by atoms with Crippen molar-refractivity contribution in [1.82, 2.24) is 4.98 Å². The third-order valence-corrected chi connectivity index (χ3v) is 2.49. The highest BCUT2D eigenvalue weighted by Gasteiger charge is 2.10. The van der Waals surface area contributed by atoms with E-state index in [9.17, 15) is 14.9 Å². The van der Waals surface area contributed by atoms with E-state index in [1.807, 2.05) is 0 Å². The molecule has 4 N–H and O–H groups in total. The van der Waals surface area contributed by atoms with Crippen LogP contribution in [0, 0.1) is 10.1 Å². The summed E-state index contributed by atoms with van der Waals surface area (Å²) in [4.78, 5) is 25.9. The number of hydrogen-bond donors (Lipinski definition) is 3. The highest BCUT2D eigenvalue weighted by Crippen LogP contribution is 2.17. The molecule has 0 atom stereocenters. The van der Waals surface area contributed by atoms with Crippen LogP contribution in [-0.2, 0) is 0 Å². The average molecular weight is 273 g/mol. The van der Waals surface area contributed by atoms with E-state index in [0.717, 1.165) is 0 Å². The average Bonchev–Trinajstić information content (AvgIpc) is 2.47. The lowest BCUT2D eigenvalue weighted by atomic mass is 10.2. The van der Waals surface area contributed by atoms with Crippen LogP contribution in [0.25, 0.3) is 0 Å². The van der Waals surface area contributed by atoms with Gasteiger partial charge in [-0.3, -0.25) is 14.9 Å². The number of hydrogen-bond acceptors (Lipinski definition) is 6. The van der Waals surface area contributed by atoms with E-state index >= 15 is 0 Å². The van der Waals surface area contributed by atoms with E-state index in [-0.39, 0.29) is 5.69 Å². The Morgan fingerprint density at radius 3 is 2.70 bits per heavy atom. The van der Waals surface area contributed by atoms with Gasteiger partial charge in [-0.2, -0.15) is 0 Å². The minimum atomic E-state index is -0.529. The molecule has 1 aromatic heterocycles. The Hall–Kier alpha value is -3.00. The highest BCUT2D eigenvalue weighted by molar-refractivity contribution is 6.04. The zero-order chi connectivity index (χ0) is 14.5. The van der Waals surface area contributed by atoms with E-state index in [4.69, 9.17) is 5.84 Å². The Morgan fingerprint density at radius 1 is 1.30 bits per heavy atom. The molecule has 0 aliphatic heterocycles. The van der Waals surface area contributed by atoms with Crippen LogP contribution in [0.15, 0.2) is 42.6 Å². The number of benzene rings is 1. The van der Waals surface area contributed by atoms with Crippen LogP contribution < -0.4 is 16.6 Å². The smallest absolute Gasteiger partial charge is 0.271 e. The highest BCUT2D eigenvalue weighted by atomic mass is 16.6. The van der Waals surface area contributed by atoms with Crippen molar-refractivity contribution in [2.24, 2.45) is 5.84 Å². The summed E-state index contributed by atoms with van der Waals surface area (Å²) < 4.78 is 0. The number of pyridine rings is 1. The fraction of sp³-hybridized carbons (Fsp3) is 0. The second kappa shape index (κ2) is 5.76. The van der Waals surface area contributed by atoms with E-state index in [1.165, 1.54) is 30.5 Å². The minimum Gasteiger partial charge on any atom is -0.322 e. The molecule has 0 saturated carbocycles. The molecule has 0 aliphatic rings. The van der Waals surface area contributed by atoms with E-state index in [1.54, 1.807) is 12.1 Å². The van der Waals surface area contributed by atoms with Crippen LogP contribution in [0.5, 0.6) is 0 Å². The zero-order valence-corrected chi connectivity index (χ0v) is 10.2. The van der Waals surface area contributed by atoms with Crippen LogP contribution >= 0.6 is 0 Å². The molecule has 0 aliphatic carbocycles. The van der Waals surface area contributed by atoms with Gasteiger partial charge in [0.15, 0.2) is 0 Å². The van der Waals surface area contributed by atoms with Gasteiger partial charge in [-0.15, -0.1) is 0 Å². The Bertz CT molecular complexity index is 642. The third-order valence-electron chi connectivity index (χ3n) is 2.49. The number of carbonyl (C=O) groups excluding carboxylic acids is 1. The molecule has 8 nitrogen and oxygen atoms in total. The molecule has 2 rings (SSSR count). The van der Waals surface area contributed by atoms with Crippen molar-refractivity contribution in [3.63, 3.8) is 0 Å². The summed E-state index contributed by atoms with van der Waals surface area (Å²) in [5, 5.41) is 13.2. The largest absolute Gasteiger partial charge is 0.322 e. The fourth-order valence-electron chi connectivity index (χ4n) is 1.51. The lowest BCUT2D eigenvalue weighted by molar-refractivity contribution is -0.384. The Labute approximate surface area is 113 Å². The van der Waals surface area contributed by atoms with Crippen molar-refractivity contribution >= 4 is 23.1 Å². The number of nitrogens with one attached hydrogen (secondary N) is 2.